The predicted octanol–water partition coefficient (Wildman–Crippen LogP) is 4.99. The number of carbonyl (C=O) groups excluding carboxylic acids is 2. The zero-order chi connectivity index (χ0) is 20.8. The van der Waals surface area contributed by atoms with Crippen molar-refractivity contribution < 1.29 is 27.8 Å². The molecule has 6 heteroatoms. The van der Waals surface area contributed by atoms with E-state index in [1.807, 2.05) is 6.07 Å². The Labute approximate surface area is 166 Å². The second-order valence-corrected chi connectivity index (χ2v) is 6.44. The summed E-state index contributed by atoms with van der Waals surface area (Å²) in [5.74, 6) is -2.22. The number of hydrogen-bond acceptors (Lipinski definition) is 4. The molecule has 4 nitrogen and oxygen atoms in total. The lowest BCUT2D eigenvalue weighted by atomic mass is 10.0. The molecule has 148 valence electrons. The lowest BCUT2D eigenvalue weighted by molar-refractivity contribution is -0.118. The van der Waals surface area contributed by atoms with Gasteiger partial charge in [-0.3, -0.25) is 9.59 Å². The van der Waals surface area contributed by atoms with Crippen molar-refractivity contribution in [1.29, 1.82) is 0 Å². The molecule has 29 heavy (non-hydrogen) atoms. The lowest BCUT2D eigenvalue weighted by Gasteiger charge is -2.11. The van der Waals surface area contributed by atoms with Crippen LogP contribution in [0, 0.1) is 11.6 Å². The molecule has 0 saturated heterocycles. The summed E-state index contributed by atoms with van der Waals surface area (Å²) in [7, 11) is 0. The second-order valence-electron chi connectivity index (χ2n) is 6.44. The molecule has 0 spiro atoms. The zero-order valence-corrected chi connectivity index (χ0v) is 15.7. The van der Waals surface area contributed by atoms with Gasteiger partial charge < -0.3 is 9.47 Å². The Morgan fingerprint density at radius 1 is 0.966 bits per heavy atom. The third-order valence-electron chi connectivity index (χ3n) is 4.11. The predicted molar refractivity (Wildman–Crippen MR) is 104 cm³/mol. The van der Waals surface area contributed by atoms with Crippen LogP contribution in [-0.4, -0.2) is 18.7 Å². The van der Waals surface area contributed by atoms with E-state index in [4.69, 9.17) is 9.47 Å². The van der Waals surface area contributed by atoms with Crippen molar-refractivity contribution >= 4 is 12.1 Å². The Morgan fingerprint density at radius 3 is 2.41 bits per heavy atom. The van der Waals surface area contributed by atoms with Gasteiger partial charge in [0.15, 0.2) is 17.3 Å². The SMILES string of the molecule is CC(=O)COc1cc(-c2ccc(OCc3cccc(C=O)c3)cc2)cc(F)c1F. The minimum Gasteiger partial charge on any atom is -0.489 e. The maximum absolute atomic E-state index is 13.9. The Morgan fingerprint density at radius 2 is 1.72 bits per heavy atom. The average Bonchev–Trinajstić information content (AvgIpc) is 2.73. The van der Waals surface area contributed by atoms with Gasteiger partial charge in [0, 0.05) is 5.56 Å². The van der Waals surface area contributed by atoms with Crippen molar-refractivity contribution in [2.24, 2.45) is 0 Å². The van der Waals surface area contributed by atoms with Crippen molar-refractivity contribution in [3.63, 3.8) is 0 Å². The third kappa shape index (κ3) is 5.25. The summed E-state index contributed by atoms with van der Waals surface area (Å²) in [6, 6.07) is 16.3. The average molecular weight is 396 g/mol. The van der Waals surface area contributed by atoms with E-state index in [1.165, 1.54) is 13.0 Å². The van der Waals surface area contributed by atoms with E-state index in [0.29, 0.717) is 22.4 Å². The first-order chi connectivity index (χ1) is 14.0. The molecule has 0 aliphatic heterocycles. The Kier molecular flexibility index (Phi) is 6.34. The summed E-state index contributed by atoms with van der Waals surface area (Å²) in [4.78, 5) is 21.9. The molecule has 0 radical (unpaired) electrons. The Balaban J connectivity index is 1.74. The van der Waals surface area contributed by atoms with Crippen LogP contribution in [-0.2, 0) is 11.4 Å². The first kappa shape index (κ1) is 20.2. The number of hydrogen-bond donors (Lipinski definition) is 0. The summed E-state index contributed by atoms with van der Waals surface area (Å²) < 4.78 is 38.5. The smallest absolute Gasteiger partial charge is 0.200 e. The van der Waals surface area contributed by atoms with Crippen LogP contribution < -0.4 is 9.47 Å². The number of ketones is 1. The molecule has 0 amide bonds. The van der Waals surface area contributed by atoms with Gasteiger partial charge in [0.1, 0.15) is 25.2 Å². The minimum atomic E-state index is -1.13. The quantitative estimate of drug-likeness (QED) is 0.504. The van der Waals surface area contributed by atoms with Crippen molar-refractivity contribution in [3.05, 3.63) is 83.4 Å². The summed E-state index contributed by atoms with van der Waals surface area (Å²) in [6.45, 7) is 1.25. The first-order valence-electron chi connectivity index (χ1n) is 8.85. The topological polar surface area (TPSA) is 52.6 Å². The van der Waals surface area contributed by atoms with E-state index in [9.17, 15) is 18.4 Å². The molecule has 0 aliphatic carbocycles. The summed E-state index contributed by atoms with van der Waals surface area (Å²) in [6.07, 6.45) is 0.772. The molecule has 0 aliphatic rings. The van der Waals surface area contributed by atoms with E-state index < -0.39 is 11.6 Å². The van der Waals surface area contributed by atoms with Crippen molar-refractivity contribution in [2.45, 2.75) is 13.5 Å². The van der Waals surface area contributed by atoms with Crippen molar-refractivity contribution in [3.8, 4) is 22.6 Å². The van der Waals surface area contributed by atoms with E-state index in [1.54, 1.807) is 42.5 Å². The van der Waals surface area contributed by atoms with Gasteiger partial charge >= 0.3 is 0 Å². The molecule has 0 saturated carbocycles. The number of halogens is 2. The van der Waals surface area contributed by atoms with Crippen LogP contribution in [0.15, 0.2) is 60.7 Å². The highest BCUT2D eigenvalue weighted by Gasteiger charge is 2.14. The molecule has 0 aromatic heterocycles. The number of ether oxygens (including phenoxy) is 2. The lowest BCUT2D eigenvalue weighted by Crippen LogP contribution is -2.08. The van der Waals surface area contributed by atoms with Crippen LogP contribution in [0.5, 0.6) is 11.5 Å². The Bertz CT molecular complexity index is 1030. The molecule has 0 atom stereocenters. The number of Topliss-reactive ketones (excluding diaryl/α,β-unsaturated/α-hetero) is 1. The number of rotatable bonds is 8. The monoisotopic (exact) mass is 396 g/mol. The van der Waals surface area contributed by atoms with Gasteiger partial charge in [-0.1, -0.05) is 30.3 Å². The largest absolute Gasteiger partial charge is 0.489 e. The van der Waals surface area contributed by atoms with E-state index in [0.717, 1.165) is 17.9 Å². The van der Waals surface area contributed by atoms with Crippen LogP contribution >= 0.6 is 0 Å². The molecule has 0 fully saturated rings. The van der Waals surface area contributed by atoms with Gasteiger partial charge in [0.25, 0.3) is 0 Å². The van der Waals surface area contributed by atoms with Gasteiger partial charge in [-0.15, -0.1) is 0 Å². The molecule has 3 aromatic carbocycles. The minimum absolute atomic E-state index is 0.287. The summed E-state index contributed by atoms with van der Waals surface area (Å²) in [5, 5.41) is 0. The normalized spacial score (nSPS) is 10.4. The highest BCUT2D eigenvalue weighted by atomic mass is 19.2. The fourth-order valence-corrected chi connectivity index (χ4v) is 2.68. The van der Waals surface area contributed by atoms with Gasteiger partial charge in [0.05, 0.1) is 0 Å². The maximum atomic E-state index is 13.9. The van der Waals surface area contributed by atoms with Gasteiger partial charge in [-0.25, -0.2) is 4.39 Å². The Hall–Kier alpha value is -3.54. The first-order valence-corrected chi connectivity index (χ1v) is 8.85. The zero-order valence-electron chi connectivity index (χ0n) is 15.7. The van der Waals surface area contributed by atoms with Crippen LogP contribution in [0.2, 0.25) is 0 Å². The summed E-state index contributed by atoms with van der Waals surface area (Å²) in [5.41, 5.74) is 2.47. The van der Waals surface area contributed by atoms with Crippen LogP contribution in [0.3, 0.4) is 0 Å². The molecule has 0 unspecified atom stereocenters. The second kappa shape index (κ2) is 9.10. The molecule has 0 bridgehead atoms. The fraction of sp³-hybridized carbons (Fsp3) is 0.130. The molecule has 3 aromatic rings. The van der Waals surface area contributed by atoms with E-state index >= 15 is 0 Å². The van der Waals surface area contributed by atoms with Crippen LogP contribution in [0.4, 0.5) is 8.78 Å². The van der Waals surface area contributed by atoms with E-state index in [-0.39, 0.29) is 24.7 Å². The maximum Gasteiger partial charge on any atom is 0.200 e. The standard InChI is InChI=1S/C23H18F2O4/c1-15(27)13-29-22-11-19(10-21(24)23(22)25)18-5-7-20(8-6-18)28-14-17-4-2-3-16(9-17)12-26/h2-12H,13-14H2,1H3. The van der Waals surface area contributed by atoms with Crippen molar-refractivity contribution in [1.82, 2.24) is 0 Å². The van der Waals surface area contributed by atoms with Gasteiger partial charge in [-0.05, 0) is 53.9 Å². The highest BCUT2D eigenvalue weighted by molar-refractivity contribution is 5.77. The van der Waals surface area contributed by atoms with Crippen LogP contribution in [0.1, 0.15) is 22.8 Å². The number of benzene rings is 3. The number of aldehydes is 1. The molecule has 3 rings (SSSR count). The van der Waals surface area contributed by atoms with Gasteiger partial charge in [0.2, 0.25) is 5.82 Å². The van der Waals surface area contributed by atoms with E-state index in [2.05, 4.69) is 0 Å². The molecule has 0 N–H and O–H groups in total. The summed E-state index contributed by atoms with van der Waals surface area (Å²) >= 11 is 0. The third-order valence-corrected chi connectivity index (χ3v) is 4.11. The van der Waals surface area contributed by atoms with Crippen molar-refractivity contribution in [2.75, 3.05) is 6.61 Å². The highest BCUT2D eigenvalue weighted by Crippen LogP contribution is 2.30. The van der Waals surface area contributed by atoms with Crippen LogP contribution in [0.25, 0.3) is 11.1 Å². The molecule has 0 heterocycles. The number of carbonyl (C=O) groups is 2. The molecular formula is C23H18F2O4. The fourth-order valence-electron chi connectivity index (χ4n) is 2.68. The van der Waals surface area contributed by atoms with Gasteiger partial charge in [-0.2, -0.15) is 4.39 Å². The molecular weight excluding hydrogens is 378 g/mol.